The lowest BCUT2D eigenvalue weighted by atomic mass is 10.0. The average molecular weight is 419 g/mol. The second-order valence-corrected chi connectivity index (χ2v) is 7.99. The molecule has 5 rings (SSSR count). The number of fused-ring (bicyclic) bond motifs is 1. The van der Waals surface area contributed by atoms with Crippen molar-refractivity contribution in [2.24, 2.45) is 0 Å². The molecule has 0 bridgehead atoms. The van der Waals surface area contributed by atoms with Gasteiger partial charge in [0.25, 0.3) is 5.91 Å². The molecule has 1 saturated heterocycles. The average Bonchev–Trinajstić information content (AvgIpc) is 3.42. The van der Waals surface area contributed by atoms with Crippen molar-refractivity contribution < 1.29 is 14.3 Å². The summed E-state index contributed by atoms with van der Waals surface area (Å²) in [5, 5.41) is 7.85. The summed E-state index contributed by atoms with van der Waals surface area (Å²) in [5.41, 5.74) is 2.78. The fourth-order valence-electron chi connectivity index (χ4n) is 4.09. The molecule has 0 radical (unpaired) electrons. The van der Waals surface area contributed by atoms with Crippen molar-refractivity contribution in [2.75, 3.05) is 25.2 Å². The zero-order chi connectivity index (χ0) is 21.2. The highest BCUT2D eigenvalue weighted by molar-refractivity contribution is 5.94. The summed E-state index contributed by atoms with van der Waals surface area (Å²) in [6.45, 7) is 4.22. The Morgan fingerprint density at radius 3 is 2.81 bits per heavy atom. The molecule has 3 heterocycles. The van der Waals surface area contributed by atoms with Crippen molar-refractivity contribution in [1.29, 1.82) is 0 Å². The van der Waals surface area contributed by atoms with E-state index in [1.54, 1.807) is 11.0 Å². The van der Waals surface area contributed by atoms with E-state index in [0.29, 0.717) is 18.7 Å². The SMILES string of the molecule is Cc1ncn(Cc2ccc(C(=O)N3CCCC(Nc4ccc5c(c4)OCO5)C3)cc2)n1. The van der Waals surface area contributed by atoms with Crippen LogP contribution in [0.25, 0.3) is 0 Å². The molecule has 1 fully saturated rings. The van der Waals surface area contributed by atoms with Gasteiger partial charge in [-0.05, 0) is 49.6 Å². The molecule has 2 aliphatic rings. The number of ether oxygens (including phenoxy) is 2. The topological polar surface area (TPSA) is 81.5 Å². The molecule has 1 unspecified atom stereocenters. The van der Waals surface area contributed by atoms with E-state index in [0.717, 1.165) is 48.0 Å². The summed E-state index contributed by atoms with van der Waals surface area (Å²) in [6, 6.07) is 13.8. The highest BCUT2D eigenvalue weighted by Crippen LogP contribution is 2.34. The Balaban J connectivity index is 1.21. The first-order valence-corrected chi connectivity index (χ1v) is 10.5. The zero-order valence-corrected chi connectivity index (χ0v) is 17.5. The minimum Gasteiger partial charge on any atom is -0.454 e. The van der Waals surface area contributed by atoms with Gasteiger partial charge in [0.15, 0.2) is 11.5 Å². The third-order valence-electron chi connectivity index (χ3n) is 5.65. The van der Waals surface area contributed by atoms with E-state index in [1.165, 1.54) is 0 Å². The molecule has 2 aromatic carbocycles. The summed E-state index contributed by atoms with van der Waals surface area (Å²) >= 11 is 0. The molecule has 0 saturated carbocycles. The van der Waals surface area contributed by atoms with Crippen molar-refractivity contribution in [2.45, 2.75) is 32.4 Å². The Labute approximate surface area is 180 Å². The lowest BCUT2D eigenvalue weighted by Gasteiger charge is -2.34. The second kappa shape index (κ2) is 8.29. The molecule has 3 aromatic rings. The van der Waals surface area contributed by atoms with E-state index in [9.17, 15) is 4.79 Å². The molecule has 0 aliphatic carbocycles. The minimum atomic E-state index is 0.0698. The highest BCUT2D eigenvalue weighted by Gasteiger charge is 2.25. The van der Waals surface area contributed by atoms with Gasteiger partial charge in [-0.15, -0.1) is 0 Å². The number of hydrogen-bond acceptors (Lipinski definition) is 6. The van der Waals surface area contributed by atoms with Gasteiger partial charge in [-0.1, -0.05) is 12.1 Å². The number of aryl methyl sites for hydroxylation is 1. The number of anilines is 1. The van der Waals surface area contributed by atoms with E-state index in [1.807, 2.05) is 54.3 Å². The number of nitrogens with zero attached hydrogens (tertiary/aromatic N) is 4. The maximum Gasteiger partial charge on any atom is 0.253 e. The number of benzene rings is 2. The maximum atomic E-state index is 13.1. The van der Waals surface area contributed by atoms with Gasteiger partial charge in [0.2, 0.25) is 6.79 Å². The van der Waals surface area contributed by atoms with Crippen LogP contribution >= 0.6 is 0 Å². The van der Waals surface area contributed by atoms with E-state index >= 15 is 0 Å². The maximum absolute atomic E-state index is 13.1. The number of aromatic nitrogens is 3. The molecule has 1 amide bonds. The van der Waals surface area contributed by atoms with Gasteiger partial charge < -0.3 is 19.7 Å². The molecule has 1 aromatic heterocycles. The summed E-state index contributed by atoms with van der Waals surface area (Å²) < 4.78 is 12.6. The number of hydrogen-bond donors (Lipinski definition) is 1. The van der Waals surface area contributed by atoms with Crippen LogP contribution in [0.5, 0.6) is 11.5 Å². The number of likely N-dealkylation sites (tertiary alicyclic amines) is 1. The Morgan fingerprint density at radius 2 is 2.00 bits per heavy atom. The van der Waals surface area contributed by atoms with E-state index in [-0.39, 0.29) is 18.7 Å². The van der Waals surface area contributed by atoms with Gasteiger partial charge in [0.1, 0.15) is 12.2 Å². The third kappa shape index (κ3) is 4.33. The van der Waals surface area contributed by atoms with Crippen molar-refractivity contribution in [1.82, 2.24) is 19.7 Å². The zero-order valence-electron chi connectivity index (χ0n) is 17.5. The first-order chi connectivity index (χ1) is 15.1. The molecule has 31 heavy (non-hydrogen) atoms. The first kappa shape index (κ1) is 19.4. The van der Waals surface area contributed by atoms with Crippen LogP contribution in [0.1, 0.15) is 34.6 Å². The molecule has 0 spiro atoms. The lowest BCUT2D eigenvalue weighted by Crippen LogP contribution is -2.45. The van der Waals surface area contributed by atoms with Crippen LogP contribution in [-0.4, -0.2) is 51.5 Å². The number of piperidine rings is 1. The third-order valence-corrected chi connectivity index (χ3v) is 5.65. The summed E-state index contributed by atoms with van der Waals surface area (Å²) in [4.78, 5) is 19.1. The predicted octanol–water partition coefficient (Wildman–Crippen LogP) is 3.08. The number of carbonyl (C=O) groups is 1. The lowest BCUT2D eigenvalue weighted by molar-refractivity contribution is 0.0715. The van der Waals surface area contributed by atoms with E-state index in [4.69, 9.17) is 9.47 Å². The molecule has 1 atom stereocenters. The first-order valence-electron chi connectivity index (χ1n) is 10.5. The van der Waals surface area contributed by atoms with E-state index in [2.05, 4.69) is 15.4 Å². The van der Waals surface area contributed by atoms with Crippen molar-refractivity contribution in [3.63, 3.8) is 0 Å². The Bertz CT molecular complexity index is 1080. The van der Waals surface area contributed by atoms with Gasteiger partial charge in [-0.3, -0.25) is 4.79 Å². The van der Waals surface area contributed by atoms with Gasteiger partial charge in [-0.2, -0.15) is 5.10 Å². The second-order valence-electron chi connectivity index (χ2n) is 7.99. The van der Waals surface area contributed by atoms with Crippen LogP contribution in [0, 0.1) is 6.92 Å². The summed E-state index contributed by atoms with van der Waals surface area (Å²) in [7, 11) is 0. The molecule has 8 nitrogen and oxygen atoms in total. The molecular formula is C23H25N5O3. The molecular weight excluding hydrogens is 394 g/mol. The normalized spacial score (nSPS) is 17.6. The van der Waals surface area contributed by atoms with Gasteiger partial charge >= 0.3 is 0 Å². The summed E-state index contributed by atoms with van der Waals surface area (Å²) in [5.74, 6) is 2.35. The Morgan fingerprint density at radius 1 is 1.16 bits per heavy atom. The van der Waals surface area contributed by atoms with E-state index < -0.39 is 0 Å². The van der Waals surface area contributed by atoms with Crippen molar-refractivity contribution >= 4 is 11.6 Å². The van der Waals surface area contributed by atoms with Crippen molar-refractivity contribution in [3.8, 4) is 11.5 Å². The van der Waals surface area contributed by atoms with Crippen LogP contribution < -0.4 is 14.8 Å². The fraction of sp³-hybridized carbons (Fsp3) is 0.348. The number of amides is 1. The fourth-order valence-corrected chi connectivity index (χ4v) is 4.09. The van der Waals surface area contributed by atoms with Crippen LogP contribution in [0.15, 0.2) is 48.8 Å². The van der Waals surface area contributed by atoms with Crippen molar-refractivity contribution in [3.05, 3.63) is 65.7 Å². The van der Waals surface area contributed by atoms with Gasteiger partial charge in [0.05, 0.1) is 6.54 Å². The largest absolute Gasteiger partial charge is 0.454 e. The van der Waals surface area contributed by atoms with Crippen LogP contribution in [0.2, 0.25) is 0 Å². The standard InChI is InChI=1S/C23H25N5O3/c1-16-24-14-28(26-16)12-17-4-6-18(7-5-17)23(29)27-10-2-3-20(13-27)25-19-8-9-21-22(11-19)31-15-30-21/h4-9,11,14,20,25H,2-3,10,12-13,15H2,1H3. The number of carbonyl (C=O) groups excluding carboxylic acids is 1. The molecule has 1 N–H and O–H groups in total. The highest BCUT2D eigenvalue weighted by atomic mass is 16.7. The molecule has 8 heteroatoms. The smallest absolute Gasteiger partial charge is 0.253 e. The van der Waals surface area contributed by atoms with Gasteiger partial charge in [-0.25, -0.2) is 9.67 Å². The number of rotatable bonds is 5. The van der Waals surface area contributed by atoms with Crippen LogP contribution in [0.4, 0.5) is 5.69 Å². The Hall–Kier alpha value is -3.55. The monoisotopic (exact) mass is 419 g/mol. The number of nitrogens with one attached hydrogen (secondary N) is 1. The van der Waals surface area contributed by atoms with Crippen LogP contribution in [0.3, 0.4) is 0 Å². The quantitative estimate of drug-likeness (QED) is 0.685. The summed E-state index contributed by atoms with van der Waals surface area (Å²) in [6.07, 6.45) is 3.71. The Kier molecular flexibility index (Phi) is 5.19. The predicted molar refractivity (Wildman–Crippen MR) is 115 cm³/mol. The minimum absolute atomic E-state index is 0.0698. The van der Waals surface area contributed by atoms with Crippen LogP contribution in [-0.2, 0) is 6.54 Å². The van der Waals surface area contributed by atoms with Gasteiger partial charge in [0, 0.05) is 36.4 Å². The molecule has 2 aliphatic heterocycles. The molecule has 160 valence electrons.